The lowest BCUT2D eigenvalue weighted by atomic mass is 10.1. The Morgan fingerprint density at radius 3 is 2.48 bits per heavy atom. The molecule has 1 heterocycles. The van der Waals surface area contributed by atoms with E-state index in [9.17, 15) is 27.6 Å². The molecule has 0 bridgehead atoms. The molecule has 1 saturated heterocycles. The zero-order valence-electron chi connectivity index (χ0n) is 17.5. The molecule has 0 radical (unpaired) electrons. The number of benzene rings is 2. The summed E-state index contributed by atoms with van der Waals surface area (Å²) < 4.78 is 50.3. The fourth-order valence-electron chi connectivity index (χ4n) is 2.99. The van der Waals surface area contributed by atoms with Crippen LogP contribution in [0.3, 0.4) is 0 Å². The molecule has 1 aliphatic rings. The van der Waals surface area contributed by atoms with E-state index in [0.717, 1.165) is 12.1 Å². The number of rotatable bonds is 6. The topological polar surface area (TPSA) is 84.9 Å². The van der Waals surface area contributed by atoms with Crippen molar-refractivity contribution in [2.75, 3.05) is 18.6 Å². The molecule has 1 N–H and O–H groups in total. The number of anilines is 1. The van der Waals surface area contributed by atoms with Crippen LogP contribution in [0, 0.1) is 0 Å². The number of imide groups is 2. The maximum atomic E-state index is 13.2. The Kier molecular flexibility index (Phi) is 6.97. The molecule has 0 saturated carbocycles. The number of nitrogens with one attached hydrogen (secondary N) is 1. The SMILES string of the molecule is CCCOc1cc(OC)ccc1/C=C1/C(=O)NC(=O)N(c2cc(C(F)(F)F)ccc2Cl)C1=O. The number of alkyl halides is 3. The summed E-state index contributed by atoms with van der Waals surface area (Å²) in [6.45, 7) is 2.23. The van der Waals surface area contributed by atoms with Gasteiger partial charge in [0.2, 0.25) is 0 Å². The molecule has 3 rings (SSSR count). The lowest BCUT2D eigenvalue weighted by Gasteiger charge is -2.27. The number of halogens is 4. The minimum Gasteiger partial charge on any atom is -0.497 e. The molecule has 4 amide bonds. The first-order valence-corrected chi connectivity index (χ1v) is 10.0. The number of carbonyl (C=O) groups is 3. The van der Waals surface area contributed by atoms with Crippen LogP contribution in [-0.4, -0.2) is 31.6 Å². The van der Waals surface area contributed by atoms with Crippen molar-refractivity contribution >= 4 is 41.2 Å². The minimum absolute atomic E-state index is 0.281. The summed E-state index contributed by atoms with van der Waals surface area (Å²) in [5, 5.41) is 1.67. The molecular weight excluding hydrogens is 465 g/mol. The number of ether oxygens (including phenoxy) is 2. The number of urea groups is 1. The Balaban J connectivity index is 2.08. The third kappa shape index (κ3) is 5.11. The monoisotopic (exact) mass is 482 g/mol. The highest BCUT2D eigenvalue weighted by molar-refractivity contribution is 6.42. The van der Waals surface area contributed by atoms with E-state index >= 15 is 0 Å². The van der Waals surface area contributed by atoms with Crippen molar-refractivity contribution in [2.24, 2.45) is 0 Å². The number of barbiturate groups is 1. The number of hydrogen-bond acceptors (Lipinski definition) is 5. The van der Waals surface area contributed by atoms with Crippen LogP contribution in [0.15, 0.2) is 42.0 Å². The average Bonchev–Trinajstić information content (AvgIpc) is 2.75. The summed E-state index contributed by atoms with van der Waals surface area (Å²) in [4.78, 5) is 38.3. The second kappa shape index (κ2) is 9.53. The van der Waals surface area contributed by atoms with Gasteiger partial charge in [-0.15, -0.1) is 0 Å². The van der Waals surface area contributed by atoms with Gasteiger partial charge in [0, 0.05) is 11.6 Å². The van der Waals surface area contributed by atoms with Gasteiger partial charge in [0.15, 0.2) is 0 Å². The van der Waals surface area contributed by atoms with Crippen LogP contribution in [0.1, 0.15) is 24.5 Å². The molecule has 0 atom stereocenters. The van der Waals surface area contributed by atoms with Crippen LogP contribution in [-0.2, 0) is 15.8 Å². The fourth-order valence-corrected chi connectivity index (χ4v) is 3.19. The van der Waals surface area contributed by atoms with Crippen LogP contribution in [0.4, 0.5) is 23.7 Å². The van der Waals surface area contributed by atoms with Crippen LogP contribution in [0.5, 0.6) is 11.5 Å². The predicted octanol–water partition coefficient (Wildman–Crippen LogP) is 4.82. The summed E-state index contributed by atoms with van der Waals surface area (Å²) >= 11 is 5.99. The molecule has 7 nitrogen and oxygen atoms in total. The Hall–Kier alpha value is -3.53. The third-order valence-electron chi connectivity index (χ3n) is 4.60. The summed E-state index contributed by atoms with van der Waals surface area (Å²) in [5.74, 6) is -1.37. The van der Waals surface area contributed by atoms with Crippen molar-refractivity contribution in [3.63, 3.8) is 0 Å². The van der Waals surface area contributed by atoms with E-state index in [1.165, 1.54) is 19.3 Å². The number of hydrogen-bond donors (Lipinski definition) is 1. The first-order chi connectivity index (χ1) is 15.6. The highest BCUT2D eigenvalue weighted by Gasteiger charge is 2.39. The Bertz CT molecular complexity index is 1150. The zero-order chi connectivity index (χ0) is 24.3. The van der Waals surface area contributed by atoms with Crippen LogP contribution in [0.25, 0.3) is 6.08 Å². The molecule has 0 spiro atoms. The Morgan fingerprint density at radius 2 is 1.85 bits per heavy atom. The van der Waals surface area contributed by atoms with E-state index in [1.54, 1.807) is 12.1 Å². The van der Waals surface area contributed by atoms with Gasteiger partial charge in [0.05, 0.1) is 30.0 Å². The molecule has 174 valence electrons. The maximum absolute atomic E-state index is 13.2. The Morgan fingerprint density at radius 1 is 1.12 bits per heavy atom. The van der Waals surface area contributed by atoms with Gasteiger partial charge in [-0.05, 0) is 42.8 Å². The lowest BCUT2D eigenvalue weighted by Crippen LogP contribution is -2.54. The van der Waals surface area contributed by atoms with E-state index in [-0.39, 0.29) is 5.02 Å². The molecule has 2 aromatic rings. The third-order valence-corrected chi connectivity index (χ3v) is 4.92. The Labute approximate surface area is 191 Å². The average molecular weight is 483 g/mol. The zero-order valence-corrected chi connectivity index (χ0v) is 18.2. The standard InChI is InChI=1S/C22H18ClF3N2O5/c1-3-8-33-18-11-14(32-2)6-4-12(18)9-15-19(29)27-21(31)28(20(15)30)17-10-13(22(24,25)26)5-7-16(17)23/h4-7,9-11H,3,8H2,1-2H3,(H,27,29,31)/b15-9-. The number of amides is 4. The summed E-state index contributed by atoms with van der Waals surface area (Å²) in [7, 11) is 1.46. The van der Waals surface area contributed by atoms with E-state index < -0.39 is 40.8 Å². The van der Waals surface area contributed by atoms with Gasteiger partial charge in [0.1, 0.15) is 17.1 Å². The molecule has 2 aromatic carbocycles. The lowest BCUT2D eigenvalue weighted by molar-refractivity contribution is -0.137. The molecule has 11 heteroatoms. The van der Waals surface area contributed by atoms with Gasteiger partial charge < -0.3 is 9.47 Å². The van der Waals surface area contributed by atoms with Crippen molar-refractivity contribution in [3.05, 3.63) is 58.1 Å². The van der Waals surface area contributed by atoms with Gasteiger partial charge in [0.25, 0.3) is 11.8 Å². The van der Waals surface area contributed by atoms with E-state index in [2.05, 4.69) is 0 Å². The smallest absolute Gasteiger partial charge is 0.416 e. The van der Waals surface area contributed by atoms with Crippen LogP contribution in [0.2, 0.25) is 5.02 Å². The van der Waals surface area contributed by atoms with Gasteiger partial charge in [-0.25, -0.2) is 9.69 Å². The van der Waals surface area contributed by atoms with Crippen molar-refractivity contribution < 1.29 is 37.0 Å². The van der Waals surface area contributed by atoms with Crippen molar-refractivity contribution in [1.82, 2.24) is 5.32 Å². The van der Waals surface area contributed by atoms with E-state index in [0.29, 0.717) is 41.1 Å². The first-order valence-electron chi connectivity index (χ1n) is 9.65. The predicted molar refractivity (Wildman–Crippen MR) is 114 cm³/mol. The molecule has 1 fully saturated rings. The normalized spacial score (nSPS) is 15.6. The quantitative estimate of drug-likeness (QED) is 0.471. The highest BCUT2D eigenvalue weighted by atomic mass is 35.5. The van der Waals surface area contributed by atoms with Crippen molar-refractivity contribution in [1.29, 1.82) is 0 Å². The second-order valence-electron chi connectivity index (χ2n) is 6.87. The number of methoxy groups -OCH3 is 1. The molecular formula is C22H18ClF3N2O5. The summed E-state index contributed by atoms with van der Waals surface area (Å²) in [6, 6.07) is 5.64. The molecule has 0 aliphatic carbocycles. The largest absolute Gasteiger partial charge is 0.497 e. The van der Waals surface area contributed by atoms with Gasteiger partial charge in [-0.3, -0.25) is 14.9 Å². The molecule has 0 unspecified atom stereocenters. The maximum Gasteiger partial charge on any atom is 0.416 e. The first kappa shape index (κ1) is 24.1. The molecule has 1 aliphatic heterocycles. The van der Waals surface area contributed by atoms with Crippen LogP contribution >= 0.6 is 11.6 Å². The van der Waals surface area contributed by atoms with Gasteiger partial charge >= 0.3 is 12.2 Å². The van der Waals surface area contributed by atoms with Gasteiger partial charge in [-0.1, -0.05) is 18.5 Å². The highest BCUT2D eigenvalue weighted by Crippen LogP contribution is 2.37. The summed E-state index contributed by atoms with van der Waals surface area (Å²) in [5.41, 5.74) is -1.79. The van der Waals surface area contributed by atoms with E-state index in [4.69, 9.17) is 21.1 Å². The van der Waals surface area contributed by atoms with Gasteiger partial charge in [-0.2, -0.15) is 13.2 Å². The van der Waals surface area contributed by atoms with Crippen LogP contribution < -0.4 is 19.7 Å². The number of carbonyl (C=O) groups excluding carboxylic acids is 3. The molecule has 0 aromatic heterocycles. The molecule has 33 heavy (non-hydrogen) atoms. The summed E-state index contributed by atoms with van der Waals surface area (Å²) in [6.07, 6.45) is -2.87. The van der Waals surface area contributed by atoms with Crippen molar-refractivity contribution in [2.45, 2.75) is 19.5 Å². The minimum atomic E-state index is -4.74. The van der Waals surface area contributed by atoms with Crippen molar-refractivity contribution in [3.8, 4) is 11.5 Å². The van der Waals surface area contributed by atoms with E-state index in [1.807, 2.05) is 12.2 Å². The second-order valence-corrected chi connectivity index (χ2v) is 7.28. The fraction of sp³-hybridized carbons (Fsp3) is 0.227. The number of nitrogens with zero attached hydrogens (tertiary/aromatic N) is 1.